The highest BCUT2D eigenvalue weighted by atomic mass is 32.1. The van der Waals surface area contributed by atoms with E-state index in [0.29, 0.717) is 5.95 Å². The van der Waals surface area contributed by atoms with E-state index >= 15 is 0 Å². The third kappa shape index (κ3) is 4.67. The van der Waals surface area contributed by atoms with Crippen LogP contribution in [0.2, 0.25) is 0 Å². The van der Waals surface area contributed by atoms with Crippen LogP contribution in [0.5, 0.6) is 0 Å². The molecule has 256 valence electrons. The third-order valence-corrected chi connectivity index (χ3v) is 13.4. The maximum absolute atomic E-state index is 5.51. The predicted molar refractivity (Wildman–Crippen MR) is 236 cm³/mol. The summed E-state index contributed by atoms with van der Waals surface area (Å²) in [4.78, 5) is 11.0. The van der Waals surface area contributed by atoms with E-state index in [4.69, 9.17) is 9.97 Å². The highest BCUT2D eigenvalue weighted by molar-refractivity contribution is 7.27. The molecule has 4 heterocycles. The summed E-state index contributed by atoms with van der Waals surface area (Å²) < 4.78 is 7.43. The highest BCUT2D eigenvalue weighted by Crippen LogP contribution is 2.48. The average Bonchev–Trinajstić information content (AvgIpc) is 3.94. The maximum atomic E-state index is 5.51. The molecule has 0 atom stereocenters. The first-order chi connectivity index (χ1) is 27.3. The second-order valence-electron chi connectivity index (χ2n) is 14.1. The number of hydrogen-bond acceptors (Lipinski definition) is 4. The van der Waals surface area contributed by atoms with Crippen molar-refractivity contribution in [3.63, 3.8) is 0 Å². The van der Waals surface area contributed by atoms with Gasteiger partial charge in [-0.3, -0.25) is 4.57 Å². The van der Waals surface area contributed by atoms with Crippen LogP contribution in [0.4, 0.5) is 0 Å². The number of nitrogens with zero attached hydrogens (tertiary/aromatic N) is 3. The average molecular weight is 736 g/mol. The molecule has 0 aliphatic heterocycles. The van der Waals surface area contributed by atoms with E-state index in [9.17, 15) is 0 Å². The Hall–Kier alpha value is -6.66. The van der Waals surface area contributed by atoms with Gasteiger partial charge in [-0.05, 0) is 58.3 Å². The van der Waals surface area contributed by atoms with Gasteiger partial charge in [0, 0.05) is 57.5 Å². The Kier molecular flexibility index (Phi) is 6.67. The van der Waals surface area contributed by atoms with Crippen molar-refractivity contribution in [3.8, 4) is 39.6 Å². The molecule has 3 nitrogen and oxygen atoms in total. The van der Waals surface area contributed by atoms with Crippen molar-refractivity contribution in [2.75, 3.05) is 0 Å². The Balaban J connectivity index is 1.18. The molecule has 12 rings (SSSR count). The van der Waals surface area contributed by atoms with E-state index in [1.807, 2.05) is 22.7 Å². The van der Waals surface area contributed by atoms with Gasteiger partial charge in [-0.25, -0.2) is 9.97 Å². The molecule has 0 spiro atoms. The molecule has 0 saturated carbocycles. The minimum Gasteiger partial charge on any atom is -0.276 e. The van der Waals surface area contributed by atoms with Gasteiger partial charge in [-0.2, -0.15) is 0 Å². The molecule has 0 aliphatic carbocycles. The van der Waals surface area contributed by atoms with Crippen molar-refractivity contribution < 1.29 is 0 Å². The van der Waals surface area contributed by atoms with Crippen LogP contribution in [0.1, 0.15) is 0 Å². The third-order valence-electron chi connectivity index (χ3n) is 11.0. The fourth-order valence-corrected chi connectivity index (χ4v) is 10.9. The Morgan fingerprint density at radius 1 is 0.364 bits per heavy atom. The molecule has 55 heavy (non-hydrogen) atoms. The summed E-state index contributed by atoms with van der Waals surface area (Å²) in [6, 6.07) is 63.4. The number of para-hydroxylation sites is 1. The first kappa shape index (κ1) is 30.8. The minimum atomic E-state index is 0.662. The van der Waals surface area contributed by atoms with E-state index in [2.05, 4.69) is 180 Å². The van der Waals surface area contributed by atoms with Crippen LogP contribution < -0.4 is 0 Å². The van der Waals surface area contributed by atoms with Crippen LogP contribution in [-0.4, -0.2) is 14.5 Å². The second kappa shape index (κ2) is 11.9. The van der Waals surface area contributed by atoms with Gasteiger partial charge in [0.25, 0.3) is 0 Å². The number of hydrogen-bond donors (Lipinski definition) is 0. The van der Waals surface area contributed by atoms with Crippen molar-refractivity contribution >= 4 is 95.6 Å². The van der Waals surface area contributed by atoms with Gasteiger partial charge in [0.1, 0.15) is 0 Å². The predicted octanol–water partition coefficient (Wildman–Crippen LogP) is 14.5. The molecule has 0 saturated heterocycles. The summed E-state index contributed by atoms with van der Waals surface area (Å²) in [5.74, 6) is 0.662. The fraction of sp³-hybridized carbons (Fsp3) is 0. The van der Waals surface area contributed by atoms with E-state index in [-0.39, 0.29) is 0 Å². The smallest absolute Gasteiger partial charge is 0.235 e. The Morgan fingerprint density at radius 3 is 1.69 bits per heavy atom. The molecule has 0 radical (unpaired) electrons. The van der Waals surface area contributed by atoms with Crippen LogP contribution in [0, 0.1) is 0 Å². The van der Waals surface area contributed by atoms with Gasteiger partial charge in [0.15, 0.2) is 0 Å². The fourth-order valence-electron chi connectivity index (χ4n) is 8.51. The van der Waals surface area contributed by atoms with Crippen LogP contribution in [-0.2, 0) is 0 Å². The first-order valence-corrected chi connectivity index (χ1v) is 20.1. The lowest BCUT2D eigenvalue weighted by Gasteiger charge is -2.13. The van der Waals surface area contributed by atoms with Gasteiger partial charge in [0.05, 0.1) is 27.1 Å². The summed E-state index contributed by atoms with van der Waals surface area (Å²) in [5.41, 5.74) is 8.50. The number of thiophene rings is 2. The number of rotatable bonds is 4. The van der Waals surface area contributed by atoms with Crippen LogP contribution in [0.3, 0.4) is 0 Å². The molecule has 5 heteroatoms. The summed E-state index contributed by atoms with van der Waals surface area (Å²) >= 11 is 3.70. The summed E-state index contributed by atoms with van der Waals surface area (Å²) in [5, 5.41) is 10.0. The number of benzene rings is 8. The quantitative estimate of drug-likeness (QED) is 0.180. The second-order valence-corrected chi connectivity index (χ2v) is 16.3. The normalized spacial score (nSPS) is 12.0. The van der Waals surface area contributed by atoms with E-state index in [1.165, 1.54) is 73.0 Å². The van der Waals surface area contributed by atoms with Gasteiger partial charge in [-0.15, -0.1) is 22.7 Å². The van der Waals surface area contributed by atoms with Crippen molar-refractivity contribution in [2.45, 2.75) is 0 Å². The van der Waals surface area contributed by atoms with Crippen molar-refractivity contribution in [1.29, 1.82) is 0 Å². The highest BCUT2D eigenvalue weighted by Gasteiger charge is 2.23. The van der Waals surface area contributed by atoms with Gasteiger partial charge in [0.2, 0.25) is 5.95 Å². The SMILES string of the molecule is c1ccc(-c2ccc(-c3cc(-c4ccc5sc6ccccc6c5c4)nc(-n4c5ccccc5c5c6ccccc6c6c7ccccc7sc6c54)n3)cc2)cc1. The molecule has 0 bridgehead atoms. The molecule has 8 aromatic carbocycles. The van der Waals surface area contributed by atoms with Gasteiger partial charge in [-0.1, -0.05) is 140 Å². The number of fused-ring (bicyclic) bond motifs is 13. The lowest BCUT2D eigenvalue weighted by atomic mass is 9.99. The van der Waals surface area contributed by atoms with Crippen LogP contribution in [0.25, 0.3) is 113 Å². The van der Waals surface area contributed by atoms with Gasteiger partial charge >= 0.3 is 0 Å². The molecular weight excluding hydrogens is 707 g/mol. The van der Waals surface area contributed by atoms with Crippen LogP contribution >= 0.6 is 22.7 Å². The number of aromatic nitrogens is 3. The van der Waals surface area contributed by atoms with Gasteiger partial charge < -0.3 is 0 Å². The Bertz CT molecular complexity index is 3480. The minimum absolute atomic E-state index is 0.662. The monoisotopic (exact) mass is 735 g/mol. The zero-order valence-corrected chi connectivity index (χ0v) is 31.0. The largest absolute Gasteiger partial charge is 0.276 e. The topological polar surface area (TPSA) is 30.7 Å². The Labute approximate surface area is 324 Å². The summed E-state index contributed by atoms with van der Waals surface area (Å²) in [7, 11) is 0. The zero-order valence-electron chi connectivity index (χ0n) is 29.4. The van der Waals surface area contributed by atoms with Crippen molar-refractivity contribution in [2.24, 2.45) is 0 Å². The molecule has 0 amide bonds. The molecule has 4 aromatic heterocycles. The summed E-state index contributed by atoms with van der Waals surface area (Å²) in [6.07, 6.45) is 0. The van der Waals surface area contributed by atoms with E-state index in [0.717, 1.165) is 33.5 Å². The molecule has 0 fully saturated rings. The van der Waals surface area contributed by atoms with Crippen molar-refractivity contribution in [3.05, 3.63) is 176 Å². The maximum Gasteiger partial charge on any atom is 0.235 e. The lowest BCUT2D eigenvalue weighted by molar-refractivity contribution is 0.999. The van der Waals surface area contributed by atoms with Crippen molar-refractivity contribution in [1.82, 2.24) is 14.5 Å². The molecule has 0 N–H and O–H groups in total. The molecule has 12 aromatic rings. The van der Waals surface area contributed by atoms with E-state index < -0.39 is 0 Å². The molecule has 0 unspecified atom stereocenters. The lowest BCUT2D eigenvalue weighted by Crippen LogP contribution is -2.04. The summed E-state index contributed by atoms with van der Waals surface area (Å²) in [6.45, 7) is 0. The standard InChI is InChI=1S/C50H29N3S2/c1-2-12-30(13-3-1)31-22-24-32(25-23-31)40-29-41(33-26-27-45-39(28-33)34-14-7-10-20-43(34)54-45)52-50(51-40)53-42-19-9-6-17-37(42)46-35-15-4-5-16-36(35)47-38-18-8-11-21-44(38)55-49(47)48(46)53/h1-29H. The zero-order chi connectivity index (χ0) is 36.0. The molecular formula is C50H29N3S2. The van der Waals surface area contributed by atoms with Crippen LogP contribution in [0.15, 0.2) is 176 Å². The first-order valence-electron chi connectivity index (χ1n) is 18.5. The Morgan fingerprint density at radius 2 is 0.909 bits per heavy atom. The molecule has 0 aliphatic rings. The van der Waals surface area contributed by atoms with E-state index in [1.54, 1.807) is 0 Å².